The van der Waals surface area contributed by atoms with Gasteiger partial charge in [0.25, 0.3) is 0 Å². The highest BCUT2D eigenvalue weighted by atomic mass is 32.2. The zero-order valence-corrected chi connectivity index (χ0v) is 18.4. The molecule has 1 atom stereocenters. The highest BCUT2D eigenvalue weighted by molar-refractivity contribution is 7.89. The van der Waals surface area contributed by atoms with Crippen molar-refractivity contribution < 1.29 is 17.7 Å². The quantitative estimate of drug-likeness (QED) is 0.600. The molecule has 0 spiro atoms. The van der Waals surface area contributed by atoms with Gasteiger partial charge in [-0.1, -0.05) is 11.2 Å². The zero-order valence-electron chi connectivity index (χ0n) is 17.6. The van der Waals surface area contributed by atoms with Crippen molar-refractivity contribution in [3.05, 3.63) is 47.8 Å². The van der Waals surface area contributed by atoms with Gasteiger partial charge in [-0.15, -0.1) is 0 Å². The minimum absolute atomic E-state index is 0.0809. The Morgan fingerprint density at radius 1 is 1.16 bits per heavy atom. The van der Waals surface area contributed by atoms with Crippen LogP contribution in [0.2, 0.25) is 0 Å². The summed E-state index contributed by atoms with van der Waals surface area (Å²) in [6, 6.07) is 8.67. The van der Waals surface area contributed by atoms with E-state index in [1.807, 2.05) is 19.9 Å². The third-order valence-corrected chi connectivity index (χ3v) is 6.84. The minimum Gasteiger partial charge on any atom is -0.383 e. The van der Waals surface area contributed by atoms with E-state index in [9.17, 15) is 8.42 Å². The second-order valence-corrected chi connectivity index (χ2v) is 9.57. The number of ether oxygens (including phenoxy) is 1. The van der Waals surface area contributed by atoms with E-state index < -0.39 is 10.0 Å². The number of aromatic nitrogens is 2. The van der Waals surface area contributed by atoms with Gasteiger partial charge in [0.2, 0.25) is 10.0 Å². The molecular weight excluding hydrogens is 416 g/mol. The molecule has 1 saturated heterocycles. The number of anilines is 1. The molecule has 1 aromatic carbocycles. The number of nitrogens with two attached hydrogens (primary N) is 1. The van der Waals surface area contributed by atoms with Gasteiger partial charge in [-0.2, -0.15) is 0 Å². The highest BCUT2D eigenvalue weighted by Gasteiger charge is 2.21. The topological polar surface area (TPSA) is 120 Å². The summed E-state index contributed by atoms with van der Waals surface area (Å²) in [5.41, 5.74) is 9.79. The third kappa shape index (κ3) is 4.79. The van der Waals surface area contributed by atoms with Crippen LogP contribution in [0.4, 0.5) is 5.82 Å². The van der Waals surface area contributed by atoms with Crippen molar-refractivity contribution in [2.75, 3.05) is 18.9 Å². The standard InChI is InChI=1S/C22H26N4O4S/c1-14-6-7-18(31(27,28)25-13-17-5-3-4-8-29-17)11-19(14)16-10-20(22(23)24-12-16)21-9-15(2)26-30-21/h6-7,9-12,17,25H,3-5,8,13H2,1-2H3,(H2,23,24). The van der Waals surface area contributed by atoms with Gasteiger partial charge in [0.05, 0.1) is 22.3 Å². The van der Waals surface area contributed by atoms with Gasteiger partial charge in [0.1, 0.15) is 5.82 Å². The Morgan fingerprint density at radius 2 is 2.00 bits per heavy atom. The molecule has 1 unspecified atom stereocenters. The number of hydrogen-bond donors (Lipinski definition) is 2. The lowest BCUT2D eigenvalue weighted by atomic mass is 10.00. The number of nitrogens with one attached hydrogen (secondary N) is 1. The molecule has 31 heavy (non-hydrogen) atoms. The molecule has 0 saturated carbocycles. The van der Waals surface area contributed by atoms with Crippen LogP contribution in [0.5, 0.6) is 0 Å². The van der Waals surface area contributed by atoms with Crippen LogP contribution in [0.3, 0.4) is 0 Å². The summed E-state index contributed by atoms with van der Waals surface area (Å²) in [6.45, 7) is 4.69. The summed E-state index contributed by atoms with van der Waals surface area (Å²) in [4.78, 5) is 4.47. The lowest BCUT2D eigenvalue weighted by Gasteiger charge is -2.22. The van der Waals surface area contributed by atoms with Gasteiger partial charge in [0, 0.05) is 31.0 Å². The fourth-order valence-electron chi connectivity index (χ4n) is 3.64. The first-order valence-electron chi connectivity index (χ1n) is 10.2. The molecule has 164 valence electrons. The molecule has 0 radical (unpaired) electrons. The van der Waals surface area contributed by atoms with Crippen molar-refractivity contribution in [3.8, 4) is 22.5 Å². The monoisotopic (exact) mass is 442 g/mol. The molecule has 8 nitrogen and oxygen atoms in total. The second-order valence-electron chi connectivity index (χ2n) is 7.81. The van der Waals surface area contributed by atoms with E-state index in [0.717, 1.165) is 41.6 Å². The summed E-state index contributed by atoms with van der Waals surface area (Å²) < 4.78 is 39.4. The van der Waals surface area contributed by atoms with Crippen LogP contribution in [-0.2, 0) is 14.8 Å². The molecule has 1 fully saturated rings. The lowest BCUT2D eigenvalue weighted by molar-refractivity contribution is 0.0200. The van der Waals surface area contributed by atoms with E-state index in [2.05, 4.69) is 14.9 Å². The van der Waals surface area contributed by atoms with Gasteiger partial charge in [0.15, 0.2) is 5.76 Å². The second kappa shape index (κ2) is 8.78. The number of sulfonamides is 1. The van der Waals surface area contributed by atoms with Crippen LogP contribution in [0.25, 0.3) is 22.5 Å². The van der Waals surface area contributed by atoms with Crippen LogP contribution in [0.15, 0.2) is 45.9 Å². The van der Waals surface area contributed by atoms with Crippen LogP contribution < -0.4 is 10.5 Å². The summed E-state index contributed by atoms with van der Waals surface area (Å²) in [5, 5.41) is 3.90. The summed E-state index contributed by atoms with van der Waals surface area (Å²) in [6.07, 6.45) is 4.49. The summed E-state index contributed by atoms with van der Waals surface area (Å²) in [7, 11) is -3.68. The van der Waals surface area contributed by atoms with E-state index in [4.69, 9.17) is 15.0 Å². The molecule has 1 aliphatic heterocycles. The Bertz CT molecular complexity index is 1180. The number of hydrogen-bond acceptors (Lipinski definition) is 7. The van der Waals surface area contributed by atoms with Crippen molar-refractivity contribution in [1.82, 2.24) is 14.9 Å². The summed E-state index contributed by atoms with van der Waals surface area (Å²) in [5.74, 6) is 0.829. The zero-order chi connectivity index (χ0) is 22.0. The average Bonchev–Trinajstić information content (AvgIpc) is 3.20. The van der Waals surface area contributed by atoms with Crippen LogP contribution in [0.1, 0.15) is 30.5 Å². The number of benzene rings is 1. The molecule has 2 aromatic heterocycles. The molecule has 1 aliphatic rings. The van der Waals surface area contributed by atoms with Crippen molar-refractivity contribution in [2.45, 2.75) is 44.1 Å². The van der Waals surface area contributed by atoms with Crippen LogP contribution in [0, 0.1) is 13.8 Å². The fraction of sp³-hybridized carbons (Fsp3) is 0.364. The lowest BCUT2D eigenvalue weighted by Crippen LogP contribution is -2.35. The number of aryl methyl sites for hydroxylation is 2. The first-order chi connectivity index (χ1) is 14.8. The van der Waals surface area contributed by atoms with Crippen molar-refractivity contribution in [2.24, 2.45) is 0 Å². The van der Waals surface area contributed by atoms with Crippen LogP contribution >= 0.6 is 0 Å². The normalized spacial score (nSPS) is 17.0. The van der Waals surface area contributed by atoms with E-state index >= 15 is 0 Å². The first kappa shape index (κ1) is 21.5. The Morgan fingerprint density at radius 3 is 2.71 bits per heavy atom. The Labute approximate surface area is 181 Å². The van der Waals surface area contributed by atoms with Crippen molar-refractivity contribution >= 4 is 15.8 Å². The maximum Gasteiger partial charge on any atom is 0.240 e. The average molecular weight is 443 g/mol. The molecule has 0 bridgehead atoms. The van der Waals surface area contributed by atoms with Crippen LogP contribution in [-0.4, -0.2) is 37.8 Å². The van der Waals surface area contributed by atoms with Gasteiger partial charge in [-0.05, 0) is 62.4 Å². The van der Waals surface area contributed by atoms with Gasteiger partial charge in [-0.25, -0.2) is 18.1 Å². The Kier molecular flexibility index (Phi) is 6.08. The fourth-order valence-corrected chi connectivity index (χ4v) is 4.74. The number of pyridine rings is 1. The van der Waals surface area contributed by atoms with Gasteiger partial charge in [-0.3, -0.25) is 0 Å². The van der Waals surface area contributed by atoms with E-state index in [1.165, 1.54) is 0 Å². The van der Waals surface area contributed by atoms with E-state index in [0.29, 0.717) is 23.7 Å². The smallest absolute Gasteiger partial charge is 0.240 e. The molecule has 0 amide bonds. The molecule has 3 aromatic rings. The Balaban J connectivity index is 1.63. The minimum atomic E-state index is -3.68. The first-order valence-corrected chi connectivity index (χ1v) is 11.7. The number of nitrogens with zero attached hydrogens (tertiary/aromatic N) is 2. The maximum absolute atomic E-state index is 12.9. The SMILES string of the molecule is Cc1cc(-c2cc(-c3cc(S(=O)(=O)NCC4CCCCO4)ccc3C)cnc2N)on1. The third-order valence-electron chi connectivity index (χ3n) is 5.42. The predicted octanol–water partition coefficient (Wildman–Crippen LogP) is 3.45. The van der Waals surface area contributed by atoms with Crippen molar-refractivity contribution in [1.29, 1.82) is 0 Å². The molecule has 4 rings (SSSR count). The van der Waals surface area contributed by atoms with E-state index in [-0.39, 0.29) is 17.5 Å². The van der Waals surface area contributed by atoms with Gasteiger partial charge < -0.3 is 15.0 Å². The number of nitrogen functional groups attached to an aromatic ring is 1. The Hall–Kier alpha value is -2.75. The van der Waals surface area contributed by atoms with Crippen molar-refractivity contribution in [3.63, 3.8) is 0 Å². The largest absolute Gasteiger partial charge is 0.383 e. The maximum atomic E-state index is 12.9. The number of rotatable bonds is 6. The summed E-state index contributed by atoms with van der Waals surface area (Å²) >= 11 is 0. The highest BCUT2D eigenvalue weighted by Crippen LogP contribution is 2.32. The molecule has 9 heteroatoms. The molecule has 3 heterocycles. The molecule has 0 aliphatic carbocycles. The molecular formula is C22H26N4O4S. The molecule has 3 N–H and O–H groups in total. The predicted molar refractivity (Wildman–Crippen MR) is 118 cm³/mol. The van der Waals surface area contributed by atoms with Gasteiger partial charge >= 0.3 is 0 Å². The van der Waals surface area contributed by atoms with E-state index in [1.54, 1.807) is 30.5 Å².